The number of amides is 1. The van der Waals surface area contributed by atoms with Crippen molar-refractivity contribution in [3.05, 3.63) is 35.1 Å². The van der Waals surface area contributed by atoms with Gasteiger partial charge in [-0.05, 0) is 31.2 Å². The number of aromatic nitrogens is 3. The topological polar surface area (TPSA) is 85.8 Å². The molecular formula is C14H18ClN5OS. The van der Waals surface area contributed by atoms with Crippen LogP contribution in [0.3, 0.4) is 0 Å². The van der Waals surface area contributed by atoms with Gasteiger partial charge in [-0.2, -0.15) is 0 Å². The zero-order valence-corrected chi connectivity index (χ0v) is 14.1. The zero-order chi connectivity index (χ0) is 16.3. The van der Waals surface area contributed by atoms with E-state index in [-0.39, 0.29) is 17.1 Å². The van der Waals surface area contributed by atoms with Gasteiger partial charge in [0.2, 0.25) is 11.1 Å². The number of nitrogen functional groups attached to an aromatic ring is 1. The van der Waals surface area contributed by atoms with E-state index in [1.54, 1.807) is 31.2 Å². The average Bonchev–Trinajstić information content (AvgIpc) is 2.82. The molecule has 0 aliphatic rings. The highest BCUT2D eigenvalue weighted by Crippen LogP contribution is 2.24. The predicted molar refractivity (Wildman–Crippen MR) is 89.7 cm³/mol. The number of hydrogen-bond donors (Lipinski definition) is 2. The number of nitrogens with two attached hydrogens (primary N) is 1. The summed E-state index contributed by atoms with van der Waals surface area (Å²) in [6.45, 7) is 5.76. The molecule has 1 atom stereocenters. The molecule has 1 heterocycles. The highest BCUT2D eigenvalue weighted by molar-refractivity contribution is 8.00. The number of benzene rings is 1. The Morgan fingerprint density at radius 2 is 1.91 bits per heavy atom. The summed E-state index contributed by atoms with van der Waals surface area (Å²) < 4.78 is 1.43. The van der Waals surface area contributed by atoms with E-state index in [4.69, 9.17) is 17.4 Å². The van der Waals surface area contributed by atoms with Gasteiger partial charge in [0.05, 0.1) is 5.25 Å². The second-order valence-corrected chi connectivity index (χ2v) is 6.87. The van der Waals surface area contributed by atoms with E-state index >= 15 is 0 Å². The van der Waals surface area contributed by atoms with Gasteiger partial charge in [-0.25, -0.2) is 4.68 Å². The Balaban J connectivity index is 2.01. The van der Waals surface area contributed by atoms with E-state index in [9.17, 15) is 4.79 Å². The predicted octanol–water partition coefficient (Wildman–Crippen LogP) is 2.89. The number of carbonyl (C=O) groups excluding carboxylic acids is 1. The Hall–Kier alpha value is -1.73. The van der Waals surface area contributed by atoms with Crippen molar-refractivity contribution in [2.24, 2.45) is 0 Å². The zero-order valence-electron chi connectivity index (χ0n) is 12.6. The molecular weight excluding hydrogens is 322 g/mol. The number of thioether (sulfide) groups is 1. The van der Waals surface area contributed by atoms with Crippen LogP contribution < -0.4 is 11.2 Å². The summed E-state index contributed by atoms with van der Waals surface area (Å²) in [7, 11) is 0. The van der Waals surface area contributed by atoms with Crippen molar-refractivity contribution in [2.75, 3.05) is 11.2 Å². The Bertz CT molecular complexity index is 656. The molecule has 0 aliphatic carbocycles. The molecule has 2 rings (SSSR count). The summed E-state index contributed by atoms with van der Waals surface area (Å²) in [5.74, 6) is 6.67. The van der Waals surface area contributed by atoms with Gasteiger partial charge in [-0.3, -0.25) is 4.79 Å². The molecule has 0 unspecified atom stereocenters. The minimum Gasteiger partial charge on any atom is -0.336 e. The van der Waals surface area contributed by atoms with Crippen molar-refractivity contribution in [3.8, 4) is 0 Å². The summed E-state index contributed by atoms with van der Waals surface area (Å²) in [5.41, 5.74) is 0.693. The highest BCUT2D eigenvalue weighted by Gasteiger charge is 2.20. The van der Waals surface area contributed by atoms with E-state index in [1.807, 2.05) is 13.8 Å². The van der Waals surface area contributed by atoms with Crippen LogP contribution in [0.1, 0.15) is 32.5 Å². The van der Waals surface area contributed by atoms with Crippen molar-refractivity contribution >= 4 is 35.0 Å². The lowest BCUT2D eigenvalue weighted by Gasteiger charge is -2.12. The van der Waals surface area contributed by atoms with E-state index in [0.29, 0.717) is 21.7 Å². The number of nitrogens with zero attached hydrogens (tertiary/aromatic N) is 3. The lowest BCUT2D eigenvalue weighted by atomic mass is 10.2. The molecule has 22 heavy (non-hydrogen) atoms. The number of nitrogens with one attached hydrogen (secondary N) is 1. The maximum Gasteiger partial charge on any atom is 0.237 e. The number of anilines is 1. The minimum absolute atomic E-state index is 0.138. The molecule has 0 saturated carbocycles. The maximum atomic E-state index is 12.2. The SMILES string of the molecule is CC(C)c1nnc(S[C@H](C)C(=O)Nc2ccc(Cl)cc2)n1N. The highest BCUT2D eigenvalue weighted by atomic mass is 35.5. The van der Waals surface area contributed by atoms with Crippen molar-refractivity contribution in [1.82, 2.24) is 14.9 Å². The number of halogens is 1. The van der Waals surface area contributed by atoms with E-state index < -0.39 is 0 Å². The van der Waals surface area contributed by atoms with Gasteiger partial charge in [0.25, 0.3) is 0 Å². The molecule has 0 radical (unpaired) electrons. The van der Waals surface area contributed by atoms with Crippen LogP contribution in [0, 0.1) is 0 Å². The average molecular weight is 340 g/mol. The van der Waals surface area contributed by atoms with Gasteiger partial charge in [-0.15, -0.1) is 10.2 Å². The molecule has 1 amide bonds. The monoisotopic (exact) mass is 339 g/mol. The lowest BCUT2D eigenvalue weighted by molar-refractivity contribution is -0.115. The quantitative estimate of drug-likeness (QED) is 0.646. The van der Waals surface area contributed by atoms with Gasteiger partial charge in [0.15, 0.2) is 5.82 Å². The van der Waals surface area contributed by atoms with Crippen LogP contribution in [0.2, 0.25) is 5.02 Å². The van der Waals surface area contributed by atoms with E-state index in [2.05, 4.69) is 15.5 Å². The summed E-state index contributed by atoms with van der Waals surface area (Å²) in [6.07, 6.45) is 0. The Morgan fingerprint density at radius 3 is 2.45 bits per heavy atom. The van der Waals surface area contributed by atoms with E-state index in [0.717, 1.165) is 0 Å². The Kier molecular flexibility index (Phi) is 5.31. The second kappa shape index (κ2) is 7.02. The van der Waals surface area contributed by atoms with Crippen LogP contribution in [0.4, 0.5) is 5.69 Å². The third kappa shape index (κ3) is 3.92. The molecule has 0 saturated heterocycles. The van der Waals surface area contributed by atoms with Crippen LogP contribution in [0.25, 0.3) is 0 Å². The molecule has 6 nitrogen and oxygen atoms in total. The molecule has 0 spiro atoms. The van der Waals surface area contributed by atoms with Crippen molar-refractivity contribution in [2.45, 2.75) is 37.1 Å². The first-order valence-electron chi connectivity index (χ1n) is 6.82. The van der Waals surface area contributed by atoms with Crippen LogP contribution in [0.15, 0.2) is 29.4 Å². The molecule has 1 aromatic heterocycles. The Morgan fingerprint density at radius 1 is 1.27 bits per heavy atom. The fourth-order valence-electron chi connectivity index (χ4n) is 1.75. The van der Waals surface area contributed by atoms with Gasteiger partial charge in [-0.1, -0.05) is 37.2 Å². The van der Waals surface area contributed by atoms with Crippen LogP contribution >= 0.6 is 23.4 Å². The number of rotatable bonds is 5. The first-order chi connectivity index (χ1) is 10.4. The number of hydrogen-bond acceptors (Lipinski definition) is 5. The molecule has 1 aromatic carbocycles. The molecule has 0 aliphatic heterocycles. The second-order valence-electron chi connectivity index (χ2n) is 5.12. The van der Waals surface area contributed by atoms with Crippen LogP contribution in [-0.2, 0) is 4.79 Å². The maximum absolute atomic E-state index is 12.2. The smallest absolute Gasteiger partial charge is 0.237 e. The van der Waals surface area contributed by atoms with Gasteiger partial charge in [0.1, 0.15) is 0 Å². The largest absolute Gasteiger partial charge is 0.336 e. The fourth-order valence-corrected chi connectivity index (χ4v) is 2.65. The third-order valence-corrected chi connectivity index (χ3v) is 4.28. The molecule has 118 valence electrons. The minimum atomic E-state index is -0.359. The first-order valence-corrected chi connectivity index (χ1v) is 8.07. The van der Waals surface area contributed by atoms with Gasteiger partial charge in [0, 0.05) is 16.6 Å². The number of carbonyl (C=O) groups is 1. The van der Waals surface area contributed by atoms with Gasteiger partial charge >= 0.3 is 0 Å². The molecule has 0 bridgehead atoms. The van der Waals surface area contributed by atoms with Crippen molar-refractivity contribution in [1.29, 1.82) is 0 Å². The van der Waals surface area contributed by atoms with Gasteiger partial charge < -0.3 is 11.2 Å². The summed E-state index contributed by atoms with van der Waals surface area (Å²) in [6, 6.07) is 6.95. The first kappa shape index (κ1) is 16.6. The van der Waals surface area contributed by atoms with Crippen molar-refractivity contribution in [3.63, 3.8) is 0 Å². The fraction of sp³-hybridized carbons (Fsp3) is 0.357. The normalized spacial score (nSPS) is 12.4. The molecule has 8 heteroatoms. The Labute approximate surface area is 138 Å². The molecule has 0 fully saturated rings. The standard InChI is InChI=1S/C14H18ClN5OS/c1-8(2)12-18-19-14(20(12)16)22-9(3)13(21)17-11-6-4-10(15)5-7-11/h4-9H,16H2,1-3H3,(H,17,21)/t9-/m1/s1. The summed E-state index contributed by atoms with van der Waals surface area (Å²) in [4.78, 5) is 12.2. The third-order valence-electron chi connectivity index (χ3n) is 2.97. The molecule has 2 aromatic rings. The summed E-state index contributed by atoms with van der Waals surface area (Å²) >= 11 is 7.08. The van der Waals surface area contributed by atoms with Crippen molar-refractivity contribution < 1.29 is 4.79 Å². The lowest BCUT2D eigenvalue weighted by Crippen LogP contribution is -2.24. The van der Waals surface area contributed by atoms with Crippen LogP contribution in [0.5, 0.6) is 0 Å². The van der Waals surface area contributed by atoms with E-state index in [1.165, 1.54) is 16.4 Å². The summed E-state index contributed by atoms with van der Waals surface area (Å²) in [5, 5.41) is 11.7. The molecule has 3 N–H and O–H groups in total. The van der Waals surface area contributed by atoms with Crippen LogP contribution in [-0.4, -0.2) is 26.0 Å².